The average molecular weight is 455 g/mol. The summed E-state index contributed by atoms with van der Waals surface area (Å²) < 4.78 is 0. The van der Waals surface area contributed by atoms with Crippen LogP contribution in [0, 0.1) is 11.3 Å². The van der Waals surface area contributed by atoms with Crippen molar-refractivity contribution in [3.8, 4) is 6.07 Å². The summed E-state index contributed by atoms with van der Waals surface area (Å²) in [6.45, 7) is 0.382. The van der Waals surface area contributed by atoms with E-state index in [0.717, 1.165) is 5.56 Å². The predicted molar refractivity (Wildman–Crippen MR) is 128 cm³/mol. The molecule has 0 radical (unpaired) electrons. The van der Waals surface area contributed by atoms with E-state index in [-0.39, 0.29) is 23.0 Å². The molecule has 0 atom stereocenters. The number of nitriles is 1. The van der Waals surface area contributed by atoms with Crippen molar-refractivity contribution in [1.82, 2.24) is 10.6 Å². The number of carbonyl (C=O) groups excluding carboxylic acids is 2. The van der Waals surface area contributed by atoms with Crippen LogP contribution in [0.5, 0.6) is 0 Å². The van der Waals surface area contributed by atoms with Gasteiger partial charge in [0, 0.05) is 28.3 Å². The zero-order valence-electron chi connectivity index (χ0n) is 17.5. The number of aliphatic imine (C=N–C) groups is 1. The van der Waals surface area contributed by atoms with E-state index in [1.54, 1.807) is 48.5 Å². The van der Waals surface area contributed by atoms with E-state index in [1.807, 2.05) is 36.4 Å². The summed E-state index contributed by atoms with van der Waals surface area (Å²) in [5.41, 5.74) is 2.87. The first-order chi connectivity index (χ1) is 16.1. The molecule has 162 valence electrons. The topological polar surface area (TPSA) is 94.3 Å². The molecular formula is C26H19ClN4O2. The minimum Gasteiger partial charge on any atom is -0.351 e. The van der Waals surface area contributed by atoms with Crippen molar-refractivity contribution in [3.05, 3.63) is 112 Å². The third kappa shape index (κ3) is 5.00. The first-order valence-corrected chi connectivity index (χ1v) is 10.7. The highest BCUT2D eigenvalue weighted by Crippen LogP contribution is 2.30. The zero-order valence-corrected chi connectivity index (χ0v) is 18.3. The van der Waals surface area contributed by atoms with Crippen molar-refractivity contribution in [1.29, 1.82) is 5.26 Å². The second kappa shape index (κ2) is 9.94. The largest absolute Gasteiger partial charge is 0.351 e. The molecule has 1 aliphatic rings. The number of fused-ring (bicyclic) bond motifs is 1. The standard InChI is InChI=1S/C26H19ClN4O2/c27-19-12-10-18(11-13-19)25(32)31-24-21-9-5-4-8-20(21)23(30-24)22(16-28)26(33)29-15-14-17-6-2-1-3-7-17/h1-13H,14-15H2,(H,29,33)(H,30,31,32)/b23-22-. The zero-order chi connectivity index (χ0) is 23.2. The molecule has 2 amide bonds. The minimum absolute atomic E-state index is 0.105. The van der Waals surface area contributed by atoms with Gasteiger partial charge in [0.15, 0.2) is 0 Å². The van der Waals surface area contributed by atoms with Gasteiger partial charge in [-0.3, -0.25) is 9.59 Å². The van der Waals surface area contributed by atoms with Crippen LogP contribution < -0.4 is 10.6 Å². The molecule has 2 N–H and O–H groups in total. The van der Waals surface area contributed by atoms with E-state index in [4.69, 9.17) is 11.6 Å². The molecule has 0 aliphatic carbocycles. The Labute approximate surface area is 196 Å². The Morgan fingerprint density at radius 2 is 1.58 bits per heavy atom. The summed E-state index contributed by atoms with van der Waals surface area (Å²) in [4.78, 5) is 29.9. The van der Waals surface area contributed by atoms with Crippen LogP contribution in [-0.4, -0.2) is 24.2 Å². The van der Waals surface area contributed by atoms with E-state index in [1.165, 1.54) is 0 Å². The smallest absolute Gasteiger partial charge is 0.264 e. The molecule has 0 saturated heterocycles. The normalized spacial score (nSPS) is 13.4. The van der Waals surface area contributed by atoms with Gasteiger partial charge in [-0.05, 0) is 36.2 Å². The van der Waals surface area contributed by atoms with Gasteiger partial charge >= 0.3 is 0 Å². The average Bonchev–Trinajstić information content (AvgIpc) is 3.19. The Morgan fingerprint density at radius 1 is 0.909 bits per heavy atom. The van der Waals surface area contributed by atoms with Crippen molar-refractivity contribution in [2.24, 2.45) is 4.99 Å². The van der Waals surface area contributed by atoms with E-state index >= 15 is 0 Å². The molecule has 0 aromatic heterocycles. The highest BCUT2D eigenvalue weighted by Gasteiger charge is 2.27. The van der Waals surface area contributed by atoms with Crippen molar-refractivity contribution in [2.75, 3.05) is 6.54 Å². The molecule has 1 heterocycles. The van der Waals surface area contributed by atoms with Crippen molar-refractivity contribution >= 4 is 34.9 Å². The molecule has 7 heteroatoms. The van der Waals surface area contributed by atoms with Gasteiger partial charge in [-0.1, -0.05) is 66.2 Å². The lowest BCUT2D eigenvalue weighted by atomic mass is 10.0. The van der Waals surface area contributed by atoms with Gasteiger partial charge in [-0.2, -0.15) is 5.26 Å². The van der Waals surface area contributed by atoms with Crippen LogP contribution in [0.2, 0.25) is 5.02 Å². The molecule has 0 fully saturated rings. The van der Waals surface area contributed by atoms with Gasteiger partial charge in [0.1, 0.15) is 17.5 Å². The van der Waals surface area contributed by atoms with Crippen LogP contribution in [0.4, 0.5) is 0 Å². The maximum Gasteiger partial charge on any atom is 0.264 e. The van der Waals surface area contributed by atoms with E-state index in [9.17, 15) is 14.9 Å². The van der Waals surface area contributed by atoms with Crippen molar-refractivity contribution < 1.29 is 9.59 Å². The maximum atomic E-state index is 12.8. The molecule has 0 unspecified atom stereocenters. The monoisotopic (exact) mass is 454 g/mol. The second-order valence-electron chi connectivity index (χ2n) is 7.29. The Bertz CT molecular complexity index is 1310. The lowest BCUT2D eigenvalue weighted by molar-refractivity contribution is -0.117. The summed E-state index contributed by atoms with van der Waals surface area (Å²) in [6.07, 6.45) is 0.642. The van der Waals surface area contributed by atoms with Crippen molar-refractivity contribution in [2.45, 2.75) is 6.42 Å². The van der Waals surface area contributed by atoms with E-state index in [2.05, 4.69) is 15.6 Å². The number of benzene rings is 3. The Morgan fingerprint density at radius 3 is 2.27 bits per heavy atom. The summed E-state index contributed by atoms with van der Waals surface area (Å²) >= 11 is 5.89. The molecule has 4 rings (SSSR count). The van der Waals surface area contributed by atoms with E-state index < -0.39 is 5.91 Å². The van der Waals surface area contributed by atoms with Crippen LogP contribution in [-0.2, 0) is 11.2 Å². The lowest BCUT2D eigenvalue weighted by Gasteiger charge is -2.06. The number of hydrogen-bond donors (Lipinski definition) is 2. The molecule has 0 saturated carbocycles. The van der Waals surface area contributed by atoms with Crippen LogP contribution in [0.1, 0.15) is 27.0 Å². The Kier molecular flexibility index (Phi) is 6.63. The first-order valence-electron chi connectivity index (χ1n) is 10.3. The number of carbonyl (C=O) groups is 2. The Hall–Kier alpha value is -4.21. The minimum atomic E-state index is -0.507. The number of nitrogens with zero attached hydrogens (tertiary/aromatic N) is 2. The molecular weight excluding hydrogens is 436 g/mol. The van der Waals surface area contributed by atoms with Gasteiger partial charge < -0.3 is 10.6 Å². The maximum absolute atomic E-state index is 12.8. The second-order valence-corrected chi connectivity index (χ2v) is 7.73. The molecule has 33 heavy (non-hydrogen) atoms. The molecule has 3 aromatic rings. The molecule has 3 aromatic carbocycles. The summed E-state index contributed by atoms with van der Waals surface area (Å²) in [6, 6.07) is 25.3. The molecule has 1 aliphatic heterocycles. The quantitative estimate of drug-likeness (QED) is 0.448. The highest BCUT2D eigenvalue weighted by molar-refractivity contribution is 6.30. The number of amidine groups is 1. The number of halogens is 1. The van der Waals surface area contributed by atoms with Gasteiger partial charge in [0.2, 0.25) is 0 Å². The van der Waals surface area contributed by atoms with Gasteiger partial charge in [0.05, 0.1) is 5.70 Å². The fourth-order valence-corrected chi connectivity index (χ4v) is 3.59. The molecule has 0 bridgehead atoms. The number of hydrogen-bond acceptors (Lipinski definition) is 4. The number of nitrogens with one attached hydrogen (secondary N) is 2. The number of rotatable bonds is 5. The summed E-state index contributed by atoms with van der Waals surface area (Å²) in [5, 5.41) is 15.8. The third-order valence-corrected chi connectivity index (χ3v) is 5.37. The SMILES string of the molecule is N#C/C(C(=O)NCCc1ccccc1)=C1/N=C(NC(=O)c2ccc(Cl)cc2)c2ccccc21. The third-order valence-electron chi connectivity index (χ3n) is 5.12. The fourth-order valence-electron chi connectivity index (χ4n) is 3.46. The molecule has 0 spiro atoms. The molecule has 6 nitrogen and oxygen atoms in total. The van der Waals surface area contributed by atoms with Gasteiger partial charge in [0.25, 0.3) is 11.8 Å². The number of amides is 2. The van der Waals surface area contributed by atoms with Crippen LogP contribution in [0.3, 0.4) is 0 Å². The van der Waals surface area contributed by atoms with Crippen LogP contribution >= 0.6 is 11.6 Å². The van der Waals surface area contributed by atoms with Gasteiger partial charge in [-0.15, -0.1) is 0 Å². The van der Waals surface area contributed by atoms with E-state index in [0.29, 0.717) is 34.7 Å². The van der Waals surface area contributed by atoms with Gasteiger partial charge in [-0.25, -0.2) is 4.99 Å². The fraction of sp³-hybridized carbons (Fsp3) is 0.0769. The van der Waals surface area contributed by atoms with Crippen molar-refractivity contribution in [3.63, 3.8) is 0 Å². The highest BCUT2D eigenvalue weighted by atomic mass is 35.5. The Balaban J connectivity index is 1.57. The van der Waals surface area contributed by atoms with Crippen LogP contribution in [0.15, 0.2) is 89.4 Å². The lowest BCUT2D eigenvalue weighted by Crippen LogP contribution is -2.30. The predicted octanol–water partition coefficient (Wildman–Crippen LogP) is 4.12. The first kappa shape index (κ1) is 22.0. The summed E-state index contributed by atoms with van der Waals surface area (Å²) in [7, 11) is 0. The summed E-state index contributed by atoms with van der Waals surface area (Å²) in [5.74, 6) is -0.593. The van der Waals surface area contributed by atoms with Crippen LogP contribution in [0.25, 0.3) is 5.70 Å².